The molecule has 0 atom stereocenters. The monoisotopic (exact) mass is 430 g/mol. The maximum atomic E-state index is 12.7. The molecule has 3 N–H and O–H groups in total. The summed E-state index contributed by atoms with van der Waals surface area (Å²) in [5.41, 5.74) is 1.14. The molecule has 1 amide bonds. The van der Waals surface area contributed by atoms with Gasteiger partial charge in [-0.1, -0.05) is 23.7 Å². The van der Waals surface area contributed by atoms with Gasteiger partial charge in [-0.2, -0.15) is 0 Å². The summed E-state index contributed by atoms with van der Waals surface area (Å²) >= 11 is 8.03. The lowest BCUT2D eigenvalue weighted by molar-refractivity contribution is 0.0699. The zero-order chi connectivity index (χ0) is 19.8. The van der Waals surface area contributed by atoms with E-state index in [-0.39, 0.29) is 21.2 Å². The number of nitrogens with zero attached hydrogens (tertiary/aromatic N) is 1. The number of nitrogens with one attached hydrogen (secondary N) is 1. The van der Waals surface area contributed by atoms with E-state index in [1.54, 1.807) is 48.0 Å². The van der Waals surface area contributed by atoms with Crippen LogP contribution in [0, 0.1) is 0 Å². The van der Waals surface area contributed by atoms with Gasteiger partial charge < -0.3 is 15.5 Å². The van der Waals surface area contributed by atoms with Gasteiger partial charge in [-0.3, -0.25) is 4.79 Å². The lowest BCUT2D eigenvalue weighted by atomic mass is 10.0. The number of amides is 1. The first kappa shape index (κ1) is 18.4. The van der Waals surface area contributed by atoms with Crippen molar-refractivity contribution in [2.24, 2.45) is 0 Å². The summed E-state index contributed by atoms with van der Waals surface area (Å²) in [5, 5.41) is 25.5. The van der Waals surface area contributed by atoms with Crippen molar-refractivity contribution in [3.8, 4) is 16.9 Å². The number of rotatable bonds is 4. The first-order valence-corrected chi connectivity index (χ1v) is 10.0. The fourth-order valence-corrected chi connectivity index (χ4v) is 4.75. The molecule has 1 aromatic carbocycles. The maximum Gasteiger partial charge on any atom is 0.339 e. The molecule has 6 nitrogen and oxygen atoms in total. The molecule has 0 saturated heterocycles. The van der Waals surface area contributed by atoms with Gasteiger partial charge in [0, 0.05) is 22.2 Å². The van der Waals surface area contributed by atoms with Crippen molar-refractivity contribution in [1.29, 1.82) is 0 Å². The van der Waals surface area contributed by atoms with Crippen LogP contribution in [0.4, 0.5) is 5.00 Å². The molecule has 28 heavy (non-hydrogen) atoms. The van der Waals surface area contributed by atoms with Gasteiger partial charge in [0.1, 0.15) is 26.0 Å². The van der Waals surface area contributed by atoms with E-state index in [1.165, 1.54) is 0 Å². The molecule has 140 valence electrons. The van der Waals surface area contributed by atoms with E-state index in [1.807, 2.05) is 0 Å². The summed E-state index contributed by atoms with van der Waals surface area (Å²) in [6.07, 6.45) is 1.57. The minimum absolute atomic E-state index is 0.0144. The summed E-state index contributed by atoms with van der Waals surface area (Å²) in [6.45, 7) is 0. The number of halogens is 1. The van der Waals surface area contributed by atoms with Gasteiger partial charge in [-0.25, -0.2) is 9.78 Å². The Morgan fingerprint density at radius 2 is 1.89 bits per heavy atom. The molecule has 3 aromatic heterocycles. The van der Waals surface area contributed by atoms with E-state index in [0.29, 0.717) is 26.4 Å². The smallest absolute Gasteiger partial charge is 0.339 e. The quantitative estimate of drug-likeness (QED) is 0.406. The number of carboxylic acids is 1. The van der Waals surface area contributed by atoms with Gasteiger partial charge in [-0.15, -0.1) is 22.7 Å². The second-order valence-electron chi connectivity index (χ2n) is 5.76. The van der Waals surface area contributed by atoms with Crippen LogP contribution in [0.25, 0.3) is 21.3 Å². The largest absolute Gasteiger partial charge is 0.506 e. The average molecular weight is 431 g/mol. The molecule has 0 radical (unpaired) electrons. The number of benzene rings is 1. The van der Waals surface area contributed by atoms with E-state index in [2.05, 4.69) is 10.3 Å². The van der Waals surface area contributed by atoms with Crippen LogP contribution in [0.1, 0.15) is 20.0 Å². The summed E-state index contributed by atoms with van der Waals surface area (Å²) in [7, 11) is 0. The number of aromatic hydroxyl groups is 1. The average Bonchev–Trinajstić information content (AvgIpc) is 3.24. The molecule has 0 aliphatic carbocycles. The van der Waals surface area contributed by atoms with E-state index in [9.17, 15) is 19.8 Å². The summed E-state index contributed by atoms with van der Waals surface area (Å²) < 4.78 is 0. The molecule has 0 unspecified atom stereocenters. The highest BCUT2D eigenvalue weighted by atomic mass is 35.5. The number of hydrogen-bond acceptors (Lipinski definition) is 6. The first-order chi connectivity index (χ1) is 13.5. The molecule has 4 rings (SSSR count). The Kier molecular flexibility index (Phi) is 4.76. The van der Waals surface area contributed by atoms with Gasteiger partial charge >= 0.3 is 5.97 Å². The van der Waals surface area contributed by atoms with Crippen LogP contribution in [0.2, 0.25) is 5.02 Å². The number of pyridine rings is 1. The lowest BCUT2D eigenvalue weighted by Gasteiger charge is -2.05. The third-order valence-electron chi connectivity index (χ3n) is 4.03. The third kappa shape index (κ3) is 3.22. The van der Waals surface area contributed by atoms with Crippen LogP contribution in [0.5, 0.6) is 5.75 Å². The Morgan fingerprint density at radius 3 is 2.57 bits per heavy atom. The number of hydrogen-bond donors (Lipinski definition) is 3. The van der Waals surface area contributed by atoms with Crippen molar-refractivity contribution in [2.75, 3.05) is 5.32 Å². The number of thiophene rings is 2. The van der Waals surface area contributed by atoms with E-state index < -0.39 is 11.9 Å². The highest BCUT2D eigenvalue weighted by molar-refractivity contribution is 7.21. The number of fused-ring (bicyclic) bond motifs is 1. The van der Waals surface area contributed by atoms with Crippen LogP contribution in [-0.2, 0) is 0 Å². The topological polar surface area (TPSA) is 99.5 Å². The van der Waals surface area contributed by atoms with Crippen LogP contribution < -0.4 is 5.32 Å². The van der Waals surface area contributed by atoms with Crippen molar-refractivity contribution < 1.29 is 19.8 Å². The third-order valence-corrected chi connectivity index (χ3v) is 6.28. The fourth-order valence-electron chi connectivity index (χ4n) is 2.74. The number of anilines is 1. The zero-order valence-electron chi connectivity index (χ0n) is 14.0. The van der Waals surface area contributed by atoms with Crippen LogP contribution in [0.15, 0.2) is 48.0 Å². The number of carboxylic acid groups (broad SMARTS) is 1. The predicted molar refractivity (Wildman–Crippen MR) is 111 cm³/mol. The Bertz CT molecular complexity index is 1210. The van der Waals surface area contributed by atoms with Crippen LogP contribution >= 0.6 is 34.3 Å². The number of aromatic nitrogens is 1. The van der Waals surface area contributed by atoms with Gasteiger partial charge in [0.15, 0.2) is 0 Å². The molecular weight excluding hydrogens is 420 g/mol. The van der Waals surface area contributed by atoms with E-state index in [0.717, 1.165) is 22.7 Å². The van der Waals surface area contributed by atoms with Gasteiger partial charge in [0.2, 0.25) is 0 Å². The second-order valence-corrected chi connectivity index (χ2v) is 8.07. The van der Waals surface area contributed by atoms with E-state index in [4.69, 9.17) is 11.6 Å². The lowest BCUT2D eigenvalue weighted by Crippen LogP contribution is -2.12. The van der Waals surface area contributed by atoms with Gasteiger partial charge in [-0.05, 0) is 29.8 Å². The summed E-state index contributed by atoms with van der Waals surface area (Å²) in [6, 6.07) is 10.1. The Morgan fingerprint density at radius 1 is 1.14 bits per heavy atom. The first-order valence-electron chi connectivity index (χ1n) is 7.94. The minimum atomic E-state index is -1.16. The molecule has 3 heterocycles. The van der Waals surface area contributed by atoms with Crippen molar-refractivity contribution in [1.82, 2.24) is 4.98 Å². The minimum Gasteiger partial charge on any atom is -0.506 e. The normalized spacial score (nSPS) is 10.9. The Labute approximate surface area is 171 Å². The molecule has 0 spiro atoms. The van der Waals surface area contributed by atoms with Crippen molar-refractivity contribution >= 4 is 61.4 Å². The summed E-state index contributed by atoms with van der Waals surface area (Å²) in [4.78, 5) is 29.2. The number of carbonyl (C=O) groups excluding carboxylic acids is 1. The van der Waals surface area contributed by atoms with Gasteiger partial charge in [0.05, 0.1) is 5.39 Å². The second kappa shape index (κ2) is 7.23. The van der Waals surface area contributed by atoms with Crippen LogP contribution in [0.3, 0.4) is 0 Å². The van der Waals surface area contributed by atoms with Crippen molar-refractivity contribution in [2.45, 2.75) is 0 Å². The fraction of sp³-hybridized carbons (Fsp3) is 0. The molecule has 4 aromatic rings. The highest BCUT2D eigenvalue weighted by Crippen LogP contribution is 2.39. The predicted octanol–water partition coefficient (Wildman–Crippen LogP) is 5.33. The summed E-state index contributed by atoms with van der Waals surface area (Å²) in [5.74, 6) is -1.92. The number of aromatic carboxylic acids is 1. The Balaban J connectivity index is 1.71. The number of carbonyl (C=O) groups is 2. The SMILES string of the molecule is O=C(Nc1scc(-c2ccc(Cl)cc2)c1C(=O)O)c1sc2ncccc2c1O. The Hall–Kier alpha value is -2.94. The standard InChI is InChI=1S/C19H11ClN2O4S2/c20-10-5-3-9(4-6-10)12-8-27-18(13(12)19(25)26)22-16(24)15-14(23)11-2-1-7-21-17(11)28-15/h1-8,23H,(H,22,24)(H,25,26). The highest BCUT2D eigenvalue weighted by Gasteiger charge is 2.24. The molecular formula is C19H11ClN2O4S2. The molecule has 0 aliphatic heterocycles. The maximum absolute atomic E-state index is 12.7. The molecule has 9 heteroatoms. The zero-order valence-corrected chi connectivity index (χ0v) is 16.4. The molecule has 0 bridgehead atoms. The molecule has 0 aliphatic rings. The van der Waals surface area contributed by atoms with Crippen LogP contribution in [-0.4, -0.2) is 27.1 Å². The van der Waals surface area contributed by atoms with E-state index >= 15 is 0 Å². The molecule has 0 saturated carbocycles. The van der Waals surface area contributed by atoms with Crippen molar-refractivity contribution in [3.63, 3.8) is 0 Å². The van der Waals surface area contributed by atoms with Crippen molar-refractivity contribution in [3.05, 3.63) is 63.4 Å². The van der Waals surface area contributed by atoms with Gasteiger partial charge in [0.25, 0.3) is 5.91 Å². The molecule has 0 fully saturated rings.